The molecule has 1 saturated heterocycles. The fourth-order valence-corrected chi connectivity index (χ4v) is 9.35. The Bertz CT molecular complexity index is 2160. The van der Waals surface area contributed by atoms with Gasteiger partial charge in [0.05, 0.1) is 17.4 Å². The van der Waals surface area contributed by atoms with Crippen LogP contribution in [0.25, 0.3) is 10.8 Å². The van der Waals surface area contributed by atoms with Crippen LogP contribution in [-0.4, -0.2) is 94.8 Å². The van der Waals surface area contributed by atoms with Crippen molar-refractivity contribution in [3.63, 3.8) is 0 Å². The quantitative estimate of drug-likeness (QED) is 0.225. The highest BCUT2D eigenvalue weighted by Gasteiger charge is 2.63. The van der Waals surface area contributed by atoms with Crippen LogP contribution in [0.4, 0.5) is 13.6 Å². The van der Waals surface area contributed by atoms with Crippen LogP contribution in [0.1, 0.15) is 100 Å². The second kappa shape index (κ2) is 16.6. The van der Waals surface area contributed by atoms with E-state index in [-0.39, 0.29) is 43.2 Å². The van der Waals surface area contributed by atoms with Crippen LogP contribution in [-0.2, 0) is 29.1 Å². The van der Waals surface area contributed by atoms with E-state index in [2.05, 4.69) is 20.3 Å². The lowest BCUT2D eigenvalue weighted by Crippen LogP contribution is -2.59. The third kappa shape index (κ3) is 9.46. The molecule has 330 valence electrons. The molecule has 4 amide bonds. The van der Waals surface area contributed by atoms with Crippen molar-refractivity contribution in [1.82, 2.24) is 25.2 Å². The number of carbonyl (C=O) groups is 4. The predicted molar refractivity (Wildman–Crippen MR) is 220 cm³/mol. The van der Waals surface area contributed by atoms with Crippen LogP contribution in [0, 0.1) is 17.8 Å². The molecule has 2 saturated carbocycles. The van der Waals surface area contributed by atoms with E-state index >= 15 is 0 Å². The summed E-state index contributed by atoms with van der Waals surface area (Å²) in [5.41, 5.74) is -3.86. The second-order valence-corrected chi connectivity index (χ2v) is 20.7. The standard InChI is InChI=1S/C42H56ClF2N5O9S/c1-23(2)57-32-20-29-28(14-11-15-30(29)43)35(46-32)58-27-19-31-34(51)48-42(37(53)49-60(55,56)40(7)16-17-40)21-26(42)13-10-9-12-24(3)18-25(4)33(36(52)50(31)22-27)47-38(54)59-39(5,6)41(8,44)45/h10-11,13-15,20,23-27,31,33H,9,12,16-19,21-22H2,1-8H3,(H,47,54)(H,48,51)(H,49,53)/b13-10-/t24-,25+,26+,27+,31-,33-,42+/m0/s1. The Morgan fingerprint density at radius 3 is 2.45 bits per heavy atom. The van der Waals surface area contributed by atoms with E-state index in [1.807, 2.05) is 32.9 Å². The van der Waals surface area contributed by atoms with E-state index in [1.165, 1.54) is 4.90 Å². The number of hydrogen-bond acceptors (Lipinski definition) is 10. The molecule has 1 aromatic heterocycles. The van der Waals surface area contributed by atoms with E-state index in [1.54, 1.807) is 38.1 Å². The summed E-state index contributed by atoms with van der Waals surface area (Å²) in [7, 11) is -4.07. The Morgan fingerprint density at radius 1 is 1.10 bits per heavy atom. The third-order valence-corrected chi connectivity index (χ3v) is 14.8. The maximum absolute atomic E-state index is 14.9. The highest BCUT2D eigenvalue weighted by atomic mass is 35.5. The van der Waals surface area contributed by atoms with Gasteiger partial charge >= 0.3 is 6.09 Å². The van der Waals surface area contributed by atoms with Crippen molar-refractivity contribution >= 4 is 56.2 Å². The van der Waals surface area contributed by atoms with Crippen LogP contribution in [0.2, 0.25) is 5.02 Å². The normalized spacial score (nSPS) is 29.0. The van der Waals surface area contributed by atoms with Crippen LogP contribution in [0.15, 0.2) is 36.4 Å². The molecular formula is C42H56ClF2N5O9S. The Balaban J connectivity index is 1.38. The summed E-state index contributed by atoms with van der Waals surface area (Å²) in [6.07, 6.45) is 3.76. The number of benzene rings is 1. The van der Waals surface area contributed by atoms with Crippen molar-refractivity contribution in [2.24, 2.45) is 17.8 Å². The molecular weight excluding hydrogens is 824 g/mol. The summed E-state index contributed by atoms with van der Waals surface area (Å²) in [6, 6.07) is 4.22. The molecule has 0 spiro atoms. The van der Waals surface area contributed by atoms with Crippen LogP contribution < -0.4 is 24.8 Å². The van der Waals surface area contributed by atoms with Gasteiger partial charge in [-0.15, -0.1) is 0 Å². The first kappa shape index (κ1) is 45.3. The Labute approximate surface area is 354 Å². The lowest BCUT2D eigenvalue weighted by molar-refractivity contribution is -0.152. The van der Waals surface area contributed by atoms with Crippen molar-refractivity contribution in [2.75, 3.05) is 6.54 Å². The van der Waals surface area contributed by atoms with Crippen molar-refractivity contribution in [2.45, 2.75) is 146 Å². The average molecular weight is 880 g/mol. The number of halogens is 3. The molecule has 3 heterocycles. The van der Waals surface area contributed by atoms with Gasteiger partial charge in [-0.25, -0.2) is 22.0 Å². The lowest BCUT2D eigenvalue weighted by Gasteiger charge is -2.35. The van der Waals surface area contributed by atoms with Gasteiger partial charge in [0.15, 0.2) is 5.60 Å². The Kier molecular flexibility index (Phi) is 12.5. The zero-order valence-corrected chi connectivity index (χ0v) is 36.8. The average Bonchev–Trinajstić information content (AvgIpc) is 4.01. The topological polar surface area (TPSA) is 182 Å². The molecule has 6 rings (SSSR count). The van der Waals surface area contributed by atoms with Gasteiger partial charge < -0.3 is 29.7 Å². The number of carbonyl (C=O) groups excluding carboxylic acids is 4. The number of amides is 4. The number of nitrogens with one attached hydrogen (secondary N) is 3. The fraction of sp³-hybridized carbons (Fsp3) is 0.643. The maximum atomic E-state index is 14.9. The highest BCUT2D eigenvalue weighted by Crippen LogP contribution is 2.48. The van der Waals surface area contributed by atoms with E-state index in [4.69, 9.17) is 25.8 Å². The van der Waals surface area contributed by atoms with Gasteiger partial charge in [-0.2, -0.15) is 4.98 Å². The van der Waals surface area contributed by atoms with E-state index in [9.17, 15) is 36.4 Å². The zero-order chi connectivity index (χ0) is 44.2. The number of fused-ring (bicyclic) bond motifs is 3. The number of pyridine rings is 1. The number of hydrogen-bond donors (Lipinski definition) is 3. The van der Waals surface area contributed by atoms with Crippen molar-refractivity contribution in [3.8, 4) is 11.8 Å². The lowest BCUT2D eigenvalue weighted by atomic mass is 9.88. The van der Waals surface area contributed by atoms with E-state index in [0.29, 0.717) is 54.8 Å². The maximum Gasteiger partial charge on any atom is 0.408 e. The largest absolute Gasteiger partial charge is 0.475 e. The minimum Gasteiger partial charge on any atom is -0.475 e. The summed E-state index contributed by atoms with van der Waals surface area (Å²) in [6.45, 7) is 11.5. The van der Waals surface area contributed by atoms with Crippen LogP contribution >= 0.6 is 11.6 Å². The van der Waals surface area contributed by atoms with Crippen LogP contribution in [0.5, 0.6) is 11.8 Å². The fourth-order valence-electron chi connectivity index (χ4n) is 7.81. The first-order valence-corrected chi connectivity index (χ1v) is 22.4. The van der Waals surface area contributed by atoms with Gasteiger partial charge in [0.1, 0.15) is 23.7 Å². The number of rotatable bonds is 10. The molecule has 3 N–H and O–H groups in total. The molecule has 0 unspecified atom stereocenters. The first-order chi connectivity index (χ1) is 27.9. The SMILES string of the molecule is CC(C)Oc1cc2c(Cl)cccc2c(O[C@@H]2C[C@H]3C(=O)N[C@]4(C(=O)NS(=O)(=O)C5(C)CC5)C[C@H]4/C=C\CC[C@H](C)C[C@@H](C)[C@H](NC(=O)OC(C)(C)C(C)(F)F)C(=O)N3C2)n1. The summed E-state index contributed by atoms with van der Waals surface area (Å²) >= 11 is 6.58. The number of ether oxygens (including phenoxy) is 3. The number of aromatic nitrogens is 1. The molecule has 7 atom stereocenters. The summed E-state index contributed by atoms with van der Waals surface area (Å²) in [5.74, 6) is -6.51. The highest BCUT2D eigenvalue weighted by molar-refractivity contribution is 7.91. The number of sulfonamides is 1. The zero-order valence-electron chi connectivity index (χ0n) is 35.3. The van der Waals surface area contributed by atoms with Crippen LogP contribution in [0.3, 0.4) is 0 Å². The van der Waals surface area contributed by atoms with Crippen molar-refractivity contribution < 1.29 is 50.6 Å². The minimum atomic E-state index is -4.07. The molecule has 0 bridgehead atoms. The third-order valence-electron chi connectivity index (χ3n) is 12.3. The molecule has 1 aromatic carbocycles. The molecule has 2 aliphatic heterocycles. The van der Waals surface area contributed by atoms with Gasteiger partial charge in [-0.3, -0.25) is 19.1 Å². The van der Waals surface area contributed by atoms with E-state index in [0.717, 1.165) is 13.8 Å². The molecule has 60 heavy (non-hydrogen) atoms. The number of nitrogens with zero attached hydrogens (tertiary/aromatic N) is 2. The van der Waals surface area contributed by atoms with Crippen molar-refractivity contribution in [3.05, 3.63) is 41.4 Å². The molecule has 3 fully saturated rings. The molecule has 0 radical (unpaired) electrons. The van der Waals surface area contributed by atoms with Gasteiger partial charge in [0, 0.05) is 41.1 Å². The smallest absolute Gasteiger partial charge is 0.408 e. The van der Waals surface area contributed by atoms with Crippen molar-refractivity contribution in [1.29, 1.82) is 0 Å². The van der Waals surface area contributed by atoms with E-state index < -0.39 is 85.7 Å². The van der Waals surface area contributed by atoms with Gasteiger partial charge in [-0.05, 0) is 97.1 Å². The minimum absolute atomic E-state index is 0.00716. The summed E-state index contributed by atoms with van der Waals surface area (Å²) in [5, 5.41) is 6.91. The summed E-state index contributed by atoms with van der Waals surface area (Å²) < 4.78 is 74.1. The second-order valence-electron chi connectivity index (χ2n) is 18.1. The van der Waals surface area contributed by atoms with Gasteiger partial charge in [0.2, 0.25) is 33.6 Å². The molecule has 4 aliphatic rings. The molecule has 2 aliphatic carbocycles. The Morgan fingerprint density at radius 2 is 1.80 bits per heavy atom. The number of alkyl halides is 2. The first-order valence-electron chi connectivity index (χ1n) is 20.5. The van der Waals surface area contributed by atoms with Gasteiger partial charge in [0.25, 0.3) is 11.8 Å². The number of allylic oxidation sites excluding steroid dienone is 1. The van der Waals surface area contributed by atoms with Gasteiger partial charge in [-0.1, -0.05) is 43.7 Å². The predicted octanol–water partition coefficient (Wildman–Crippen LogP) is 6.44. The molecule has 2 aromatic rings. The number of alkyl carbamates (subject to hydrolysis) is 1. The summed E-state index contributed by atoms with van der Waals surface area (Å²) in [4.78, 5) is 62.7. The monoisotopic (exact) mass is 879 g/mol. The molecule has 14 nitrogen and oxygen atoms in total. The molecule has 18 heteroatoms. The Hall–Kier alpha value is -4.25.